The first kappa shape index (κ1) is 19.7. The van der Waals surface area contributed by atoms with E-state index >= 15 is 0 Å². The number of fused-ring (bicyclic) bond motifs is 3. The molecule has 0 atom stereocenters. The topological polar surface area (TPSA) is 12.9 Å². The highest BCUT2D eigenvalue weighted by molar-refractivity contribution is 5.88. The maximum Gasteiger partial charge on any atom is 0.0702 e. The summed E-state index contributed by atoms with van der Waals surface area (Å²) < 4.78 is 0. The van der Waals surface area contributed by atoms with Gasteiger partial charge in [0.15, 0.2) is 0 Å². The SMILES string of the molecule is CC1(C)c2ccccc2-c2cccc(-c3ccc(-c4cccc(-c5ccccn5)c4)cc3)c21. The van der Waals surface area contributed by atoms with Gasteiger partial charge in [-0.15, -0.1) is 0 Å². The summed E-state index contributed by atoms with van der Waals surface area (Å²) in [7, 11) is 0. The fourth-order valence-corrected chi connectivity index (χ4v) is 5.32. The van der Waals surface area contributed by atoms with Crippen LogP contribution >= 0.6 is 0 Å². The Labute approximate surface area is 195 Å². The quantitative estimate of drug-likeness (QED) is 0.284. The Bertz CT molecular complexity index is 1460. The summed E-state index contributed by atoms with van der Waals surface area (Å²) >= 11 is 0. The van der Waals surface area contributed by atoms with Gasteiger partial charge in [0.05, 0.1) is 5.69 Å². The molecule has 1 aliphatic carbocycles. The van der Waals surface area contributed by atoms with Crippen molar-refractivity contribution in [2.45, 2.75) is 19.3 Å². The average Bonchev–Trinajstić information content (AvgIpc) is 3.12. The van der Waals surface area contributed by atoms with E-state index in [1.54, 1.807) is 0 Å². The number of hydrogen-bond donors (Lipinski definition) is 0. The predicted molar refractivity (Wildman–Crippen MR) is 138 cm³/mol. The predicted octanol–water partition coefficient (Wildman–Crippen LogP) is 8.39. The monoisotopic (exact) mass is 423 g/mol. The van der Waals surface area contributed by atoms with Crippen molar-refractivity contribution in [2.75, 3.05) is 0 Å². The molecule has 1 aromatic heterocycles. The van der Waals surface area contributed by atoms with Gasteiger partial charge in [0.2, 0.25) is 0 Å². The van der Waals surface area contributed by atoms with Crippen molar-refractivity contribution in [1.29, 1.82) is 0 Å². The molecule has 0 spiro atoms. The van der Waals surface area contributed by atoms with E-state index in [0.29, 0.717) is 0 Å². The Kier molecular flexibility index (Phi) is 4.52. The lowest BCUT2D eigenvalue weighted by Gasteiger charge is -2.24. The third kappa shape index (κ3) is 3.20. The van der Waals surface area contributed by atoms with Gasteiger partial charge in [0.25, 0.3) is 0 Å². The highest BCUT2D eigenvalue weighted by atomic mass is 14.7. The summed E-state index contributed by atoms with van der Waals surface area (Å²) in [4.78, 5) is 4.50. The van der Waals surface area contributed by atoms with Crippen molar-refractivity contribution in [1.82, 2.24) is 4.98 Å². The summed E-state index contributed by atoms with van der Waals surface area (Å²) in [5, 5.41) is 0. The van der Waals surface area contributed by atoms with E-state index in [1.165, 1.54) is 44.5 Å². The lowest BCUT2D eigenvalue weighted by molar-refractivity contribution is 0.662. The summed E-state index contributed by atoms with van der Waals surface area (Å²) in [5.41, 5.74) is 12.7. The van der Waals surface area contributed by atoms with E-state index < -0.39 is 0 Å². The van der Waals surface area contributed by atoms with Gasteiger partial charge in [0, 0.05) is 17.2 Å². The molecule has 1 aliphatic rings. The molecule has 0 radical (unpaired) electrons. The molecule has 1 heterocycles. The first-order chi connectivity index (χ1) is 16.1. The molecule has 33 heavy (non-hydrogen) atoms. The molecule has 0 N–H and O–H groups in total. The van der Waals surface area contributed by atoms with Crippen LogP contribution < -0.4 is 0 Å². The molecule has 0 unspecified atom stereocenters. The van der Waals surface area contributed by atoms with Crippen LogP contribution in [0.25, 0.3) is 44.6 Å². The molecule has 0 bridgehead atoms. The Morgan fingerprint density at radius 1 is 0.515 bits per heavy atom. The fraction of sp³-hybridized carbons (Fsp3) is 0.0938. The van der Waals surface area contributed by atoms with Crippen LogP contribution in [-0.4, -0.2) is 4.98 Å². The highest BCUT2D eigenvalue weighted by Gasteiger charge is 2.37. The van der Waals surface area contributed by atoms with Gasteiger partial charge in [0.1, 0.15) is 0 Å². The first-order valence-corrected chi connectivity index (χ1v) is 11.5. The molecule has 4 aromatic carbocycles. The highest BCUT2D eigenvalue weighted by Crippen LogP contribution is 2.51. The number of nitrogens with zero attached hydrogens (tertiary/aromatic N) is 1. The third-order valence-electron chi connectivity index (χ3n) is 6.93. The zero-order chi connectivity index (χ0) is 22.4. The van der Waals surface area contributed by atoms with E-state index in [4.69, 9.17) is 0 Å². The Hall–Kier alpha value is -3.97. The van der Waals surface area contributed by atoms with Crippen molar-refractivity contribution in [3.8, 4) is 44.6 Å². The molecule has 6 rings (SSSR count). The summed E-state index contributed by atoms with van der Waals surface area (Å²) in [5.74, 6) is 0. The molecule has 1 nitrogen and oxygen atoms in total. The second-order valence-corrected chi connectivity index (χ2v) is 9.27. The summed E-state index contributed by atoms with van der Waals surface area (Å²) in [6.45, 7) is 4.69. The summed E-state index contributed by atoms with van der Waals surface area (Å²) in [6, 6.07) is 39.2. The Morgan fingerprint density at radius 2 is 1.18 bits per heavy atom. The number of aromatic nitrogens is 1. The fourth-order valence-electron chi connectivity index (χ4n) is 5.32. The van der Waals surface area contributed by atoms with E-state index in [2.05, 4.69) is 116 Å². The van der Waals surface area contributed by atoms with Gasteiger partial charge in [-0.2, -0.15) is 0 Å². The first-order valence-electron chi connectivity index (χ1n) is 11.5. The van der Waals surface area contributed by atoms with Crippen LogP contribution in [0.4, 0.5) is 0 Å². The van der Waals surface area contributed by atoms with Gasteiger partial charge in [-0.25, -0.2) is 0 Å². The average molecular weight is 424 g/mol. The Balaban J connectivity index is 1.40. The van der Waals surface area contributed by atoms with E-state index in [9.17, 15) is 0 Å². The number of pyridine rings is 1. The molecule has 0 aliphatic heterocycles. The van der Waals surface area contributed by atoms with E-state index in [1.807, 2.05) is 18.3 Å². The maximum atomic E-state index is 4.50. The third-order valence-corrected chi connectivity index (χ3v) is 6.93. The molecule has 0 amide bonds. The maximum absolute atomic E-state index is 4.50. The van der Waals surface area contributed by atoms with Crippen molar-refractivity contribution in [3.63, 3.8) is 0 Å². The molecule has 1 heteroatoms. The molecule has 0 saturated heterocycles. The molecule has 158 valence electrons. The van der Waals surface area contributed by atoms with Crippen molar-refractivity contribution in [3.05, 3.63) is 127 Å². The standard InChI is InChI=1S/C32H25N/c1-32(2)29-14-4-3-11-27(29)28-13-8-12-26(31(28)32)23-18-16-22(17-19-23)24-9-7-10-25(21-24)30-15-5-6-20-33-30/h3-21H,1-2H3. The van der Waals surface area contributed by atoms with Gasteiger partial charge >= 0.3 is 0 Å². The zero-order valence-corrected chi connectivity index (χ0v) is 18.9. The van der Waals surface area contributed by atoms with Crippen LogP contribution in [0, 0.1) is 0 Å². The van der Waals surface area contributed by atoms with E-state index in [-0.39, 0.29) is 5.41 Å². The minimum atomic E-state index is -0.0157. The normalized spacial score (nSPS) is 13.4. The molecule has 0 fully saturated rings. The van der Waals surface area contributed by atoms with Gasteiger partial charge in [-0.05, 0) is 62.7 Å². The van der Waals surface area contributed by atoms with Gasteiger partial charge < -0.3 is 0 Å². The minimum Gasteiger partial charge on any atom is -0.256 e. The lowest BCUT2D eigenvalue weighted by atomic mass is 9.79. The van der Waals surface area contributed by atoms with Gasteiger partial charge in [-0.1, -0.05) is 105 Å². The van der Waals surface area contributed by atoms with Crippen LogP contribution in [0.1, 0.15) is 25.0 Å². The second-order valence-electron chi connectivity index (χ2n) is 9.27. The number of benzene rings is 4. The molecular formula is C32H25N. The van der Waals surface area contributed by atoms with Crippen molar-refractivity contribution < 1.29 is 0 Å². The number of hydrogen-bond acceptors (Lipinski definition) is 1. The lowest BCUT2D eigenvalue weighted by Crippen LogP contribution is -2.16. The largest absolute Gasteiger partial charge is 0.256 e. The van der Waals surface area contributed by atoms with Crippen LogP contribution in [0.5, 0.6) is 0 Å². The van der Waals surface area contributed by atoms with Crippen molar-refractivity contribution >= 4 is 0 Å². The molecule has 5 aromatic rings. The van der Waals surface area contributed by atoms with Crippen molar-refractivity contribution in [2.24, 2.45) is 0 Å². The smallest absolute Gasteiger partial charge is 0.0702 e. The Morgan fingerprint density at radius 3 is 2.00 bits per heavy atom. The zero-order valence-electron chi connectivity index (χ0n) is 18.9. The van der Waals surface area contributed by atoms with Crippen LogP contribution in [0.15, 0.2) is 115 Å². The van der Waals surface area contributed by atoms with Crippen LogP contribution in [-0.2, 0) is 5.41 Å². The minimum absolute atomic E-state index is 0.0157. The molecular weight excluding hydrogens is 398 g/mol. The summed E-state index contributed by atoms with van der Waals surface area (Å²) in [6.07, 6.45) is 1.84. The second kappa shape index (κ2) is 7.56. The van der Waals surface area contributed by atoms with Crippen LogP contribution in [0.3, 0.4) is 0 Å². The van der Waals surface area contributed by atoms with Gasteiger partial charge in [-0.3, -0.25) is 4.98 Å². The molecule has 0 saturated carbocycles. The van der Waals surface area contributed by atoms with E-state index in [0.717, 1.165) is 11.3 Å². The van der Waals surface area contributed by atoms with Crippen LogP contribution in [0.2, 0.25) is 0 Å². The number of rotatable bonds is 3.